The Labute approximate surface area is 210 Å². The molecule has 4 rings (SSSR count). The first-order chi connectivity index (χ1) is 17.9. The van der Waals surface area contributed by atoms with E-state index in [2.05, 4.69) is 14.9 Å². The highest BCUT2D eigenvalue weighted by molar-refractivity contribution is 5.98. The lowest BCUT2D eigenvalue weighted by molar-refractivity contribution is -0.201. The largest absolute Gasteiger partial charge is 0.493 e. The van der Waals surface area contributed by atoms with Crippen LogP contribution in [-0.2, 0) is 27.4 Å². The molecule has 3 heterocycles. The minimum atomic E-state index is -5.28. The van der Waals surface area contributed by atoms with Crippen molar-refractivity contribution in [2.45, 2.75) is 32.5 Å². The number of hydrogen-bond donors (Lipinski definition) is 1. The third-order valence-corrected chi connectivity index (χ3v) is 5.74. The summed E-state index contributed by atoms with van der Waals surface area (Å²) < 4.78 is 65.9. The molecular formula is C23H19F5N6O4. The van der Waals surface area contributed by atoms with E-state index in [-0.39, 0.29) is 24.3 Å². The molecule has 10 nitrogen and oxygen atoms in total. The number of rotatable bonds is 6. The van der Waals surface area contributed by atoms with Crippen molar-refractivity contribution < 1.29 is 36.4 Å². The Bertz CT molecular complexity index is 1510. The van der Waals surface area contributed by atoms with Gasteiger partial charge < -0.3 is 10.6 Å². The van der Waals surface area contributed by atoms with E-state index >= 15 is 0 Å². The molecule has 2 N–H and O–H groups in total. The topological polar surface area (TPSA) is 125 Å². The molecule has 1 aromatic carbocycles. The van der Waals surface area contributed by atoms with Gasteiger partial charge in [-0.05, 0) is 59.9 Å². The number of aryl methyl sites for hydroxylation is 2. The van der Waals surface area contributed by atoms with Gasteiger partial charge >= 0.3 is 17.8 Å². The van der Waals surface area contributed by atoms with Gasteiger partial charge in [0.05, 0.1) is 12.2 Å². The van der Waals surface area contributed by atoms with Gasteiger partial charge in [-0.3, -0.25) is 4.79 Å². The van der Waals surface area contributed by atoms with Gasteiger partial charge in [0.15, 0.2) is 0 Å². The molecule has 1 aliphatic heterocycles. The Kier molecular flexibility index (Phi) is 7.13. The van der Waals surface area contributed by atoms with E-state index in [9.17, 15) is 36.3 Å². The van der Waals surface area contributed by atoms with Crippen LogP contribution in [0.5, 0.6) is 0 Å². The van der Waals surface area contributed by atoms with E-state index in [1.54, 1.807) is 25.1 Å². The minimum absolute atomic E-state index is 0.0400. The van der Waals surface area contributed by atoms with Crippen molar-refractivity contribution in [3.8, 4) is 16.9 Å². The molecular weight excluding hydrogens is 519 g/mol. The Hall–Kier alpha value is -4.40. The first-order valence-corrected chi connectivity index (χ1v) is 11.0. The van der Waals surface area contributed by atoms with E-state index in [0.29, 0.717) is 27.3 Å². The van der Waals surface area contributed by atoms with Crippen LogP contribution in [0.25, 0.3) is 16.9 Å². The van der Waals surface area contributed by atoms with Gasteiger partial charge in [-0.1, -0.05) is 0 Å². The van der Waals surface area contributed by atoms with E-state index in [1.807, 2.05) is 0 Å². The molecule has 0 aliphatic carbocycles. The van der Waals surface area contributed by atoms with Crippen LogP contribution in [0.3, 0.4) is 0 Å². The maximum Gasteiger partial charge on any atom is 0.493 e. The SMILES string of the molecule is Cc1cc(-c2ccnc(-n3cnn(CC(CN)=C(F)F)c3=O)c2)cc2c1N(OC(=O)C(F)(F)F)C(=O)CC2. The second-order valence-electron chi connectivity index (χ2n) is 8.28. The van der Waals surface area contributed by atoms with E-state index in [1.165, 1.54) is 12.3 Å². The van der Waals surface area contributed by atoms with Gasteiger partial charge in [-0.25, -0.2) is 23.8 Å². The van der Waals surface area contributed by atoms with Crippen LogP contribution in [0.2, 0.25) is 0 Å². The Morgan fingerprint density at radius 1 is 1.13 bits per heavy atom. The summed E-state index contributed by atoms with van der Waals surface area (Å²) in [5.74, 6) is -3.19. The van der Waals surface area contributed by atoms with Crippen molar-refractivity contribution in [2.24, 2.45) is 5.73 Å². The lowest BCUT2D eigenvalue weighted by Crippen LogP contribution is -2.41. The summed E-state index contributed by atoms with van der Waals surface area (Å²) in [5, 5.41) is 4.20. The molecule has 0 atom stereocenters. The third kappa shape index (κ3) is 5.18. The number of carbonyl (C=O) groups excluding carboxylic acids is 2. The van der Waals surface area contributed by atoms with Crippen LogP contribution in [-0.4, -0.2) is 43.9 Å². The van der Waals surface area contributed by atoms with Crippen molar-refractivity contribution in [1.82, 2.24) is 19.3 Å². The van der Waals surface area contributed by atoms with Crippen molar-refractivity contribution in [2.75, 3.05) is 11.6 Å². The lowest BCUT2D eigenvalue weighted by atomic mass is 9.94. The van der Waals surface area contributed by atoms with Crippen LogP contribution >= 0.6 is 0 Å². The highest BCUT2D eigenvalue weighted by Crippen LogP contribution is 2.36. The number of alkyl halides is 3. The third-order valence-electron chi connectivity index (χ3n) is 5.74. The van der Waals surface area contributed by atoms with Gasteiger partial charge in [-0.2, -0.15) is 27.1 Å². The quantitative estimate of drug-likeness (QED) is 0.479. The average Bonchev–Trinajstić information content (AvgIpc) is 3.23. The standard InChI is InChI=1S/C23H19F5N6O4/c1-12-6-15(7-14-2-3-18(35)34(19(12)14)38-21(36)23(26,27)28)13-4-5-30-17(8-13)32-11-31-33(22(32)37)10-16(9-29)20(24)25/h4-8,11H,2-3,9-10,29H2,1H3. The molecule has 0 bridgehead atoms. The highest BCUT2D eigenvalue weighted by Gasteiger charge is 2.44. The number of nitrogens with two attached hydrogens (primary N) is 1. The zero-order valence-electron chi connectivity index (χ0n) is 19.6. The Balaban J connectivity index is 1.68. The average molecular weight is 538 g/mol. The normalized spacial score (nSPS) is 13.3. The molecule has 2 aromatic heterocycles. The fraction of sp³-hybridized carbons (Fsp3) is 0.261. The molecule has 15 heteroatoms. The lowest BCUT2D eigenvalue weighted by Gasteiger charge is -2.29. The van der Waals surface area contributed by atoms with Crippen molar-refractivity contribution >= 4 is 17.6 Å². The predicted octanol–water partition coefficient (Wildman–Crippen LogP) is 2.81. The van der Waals surface area contributed by atoms with Gasteiger partial charge in [0.1, 0.15) is 12.1 Å². The molecule has 0 saturated heterocycles. The van der Waals surface area contributed by atoms with Gasteiger partial charge in [0, 0.05) is 24.7 Å². The van der Waals surface area contributed by atoms with Crippen LogP contribution in [0, 0.1) is 6.92 Å². The van der Waals surface area contributed by atoms with Gasteiger partial charge in [0.25, 0.3) is 12.0 Å². The Morgan fingerprint density at radius 3 is 2.53 bits per heavy atom. The number of hydrogen-bond acceptors (Lipinski definition) is 7. The maximum atomic E-state index is 12.9. The Morgan fingerprint density at radius 2 is 1.87 bits per heavy atom. The molecule has 0 unspecified atom stereocenters. The molecule has 3 aromatic rings. The van der Waals surface area contributed by atoms with Crippen LogP contribution < -0.4 is 16.5 Å². The number of pyridine rings is 1. The van der Waals surface area contributed by atoms with Crippen LogP contribution in [0.1, 0.15) is 17.5 Å². The van der Waals surface area contributed by atoms with Crippen LogP contribution in [0.15, 0.2) is 53.2 Å². The second kappa shape index (κ2) is 10.2. The van der Waals surface area contributed by atoms with Crippen molar-refractivity contribution in [3.05, 3.63) is 70.1 Å². The number of fused-ring (bicyclic) bond motifs is 1. The molecule has 1 amide bonds. The number of hydroxylamine groups is 1. The molecule has 0 spiro atoms. The number of halogens is 5. The number of carbonyl (C=O) groups is 2. The summed E-state index contributed by atoms with van der Waals surface area (Å²) in [7, 11) is 0. The van der Waals surface area contributed by atoms with E-state index in [0.717, 1.165) is 15.6 Å². The summed E-state index contributed by atoms with van der Waals surface area (Å²) >= 11 is 0. The summed E-state index contributed by atoms with van der Waals surface area (Å²) in [4.78, 5) is 44.9. The number of amides is 1. The molecule has 0 radical (unpaired) electrons. The van der Waals surface area contributed by atoms with E-state index in [4.69, 9.17) is 5.73 Å². The van der Waals surface area contributed by atoms with Crippen molar-refractivity contribution in [1.29, 1.82) is 0 Å². The highest BCUT2D eigenvalue weighted by atomic mass is 19.4. The molecule has 0 fully saturated rings. The summed E-state index contributed by atoms with van der Waals surface area (Å²) in [5.41, 5.74) is 6.11. The number of nitrogens with zero attached hydrogens (tertiary/aromatic N) is 5. The summed E-state index contributed by atoms with van der Waals surface area (Å²) in [6.07, 6.45) is -4.75. The zero-order valence-corrected chi connectivity index (χ0v) is 19.6. The van der Waals surface area contributed by atoms with E-state index < -0.39 is 48.5 Å². The molecule has 0 saturated carbocycles. The van der Waals surface area contributed by atoms with Gasteiger partial charge in [0.2, 0.25) is 0 Å². The van der Waals surface area contributed by atoms with Crippen molar-refractivity contribution in [3.63, 3.8) is 0 Å². The fourth-order valence-electron chi connectivity index (χ4n) is 3.91. The number of benzene rings is 1. The maximum absolute atomic E-state index is 12.9. The molecule has 1 aliphatic rings. The van der Waals surface area contributed by atoms with Crippen LogP contribution in [0.4, 0.5) is 27.6 Å². The minimum Gasteiger partial charge on any atom is -0.327 e. The molecule has 38 heavy (non-hydrogen) atoms. The summed E-state index contributed by atoms with van der Waals surface area (Å²) in [6, 6.07) is 6.33. The number of aromatic nitrogens is 4. The molecule has 200 valence electrons. The van der Waals surface area contributed by atoms with Gasteiger partial charge in [-0.15, -0.1) is 5.06 Å². The first-order valence-electron chi connectivity index (χ1n) is 11.0. The number of anilines is 1. The monoisotopic (exact) mass is 538 g/mol. The smallest absolute Gasteiger partial charge is 0.327 e. The predicted molar refractivity (Wildman–Crippen MR) is 122 cm³/mol. The first kappa shape index (κ1) is 26.7. The second-order valence-corrected chi connectivity index (χ2v) is 8.28. The fourth-order valence-corrected chi connectivity index (χ4v) is 3.91. The summed E-state index contributed by atoms with van der Waals surface area (Å²) in [6.45, 7) is 0.590. The zero-order chi connectivity index (χ0) is 27.8.